The van der Waals surface area contributed by atoms with Crippen molar-refractivity contribution >= 4 is 28.5 Å². The third-order valence-corrected chi connectivity index (χ3v) is 8.57. The lowest BCUT2D eigenvalue weighted by atomic mass is 9.91. The molecule has 0 spiro atoms. The number of hydrogen-bond donors (Lipinski definition) is 1. The summed E-state index contributed by atoms with van der Waals surface area (Å²) in [7, 11) is 0. The number of ether oxygens (including phenoxy) is 1. The van der Waals surface area contributed by atoms with Gasteiger partial charge >= 0.3 is 0 Å². The quantitative estimate of drug-likeness (QED) is 0.451. The number of fused-ring (bicyclic) bond motifs is 1. The van der Waals surface area contributed by atoms with E-state index in [2.05, 4.69) is 30.1 Å². The number of piperidine rings is 1. The van der Waals surface area contributed by atoms with E-state index in [4.69, 9.17) is 4.74 Å². The summed E-state index contributed by atoms with van der Waals surface area (Å²) in [6.45, 7) is 6.73. The highest BCUT2D eigenvalue weighted by atomic mass is 19.1. The Labute approximate surface area is 228 Å². The molecule has 3 fully saturated rings. The van der Waals surface area contributed by atoms with E-state index >= 15 is 4.39 Å². The fourth-order valence-electron chi connectivity index (χ4n) is 6.36. The molecule has 6 rings (SSSR count). The summed E-state index contributed by atoms with van der Waals surface area (Å²) in [5, 5.41) is 3.13. The van der Waals surface area contributed by atoms with Crippen LogP contribution in [0, 0.1) is 11.7 Å². The first-order valence-electron chi connectivity index (χ1n) is 14.5. The molecule has 1 aliphatic carbocycles. The Kier molecular flexibility index (Phi) is 8.01. The maximum atomic E-state index is 15.2. The maximum Gasteiger partial charge on any atom is 0.270 e. The summed E-state index contributed by atoms with van der Waals surface area (Å²) in [4.78, 5) is 30.5. The number of anilines is 3. The molecule has 0 bridgehead atoms. The van der Waals surface area contributed by atoms with Gasteiger partial charge in [-0.25, -0.2) is 14.4 Å². The summed E-state index contributed by atoms with van der Waals surface area (Å²) in [5.74, 6) is 0.787. The summed E-state index contributed by atoms with van der Waals surface area (Å²) < 4.78 is 22.4. The average molecular weight is 536 g/mol. The first-order chi connectivity index (χ1) is 19.1. The number of aromatic nitrogens is 4. The van der Waals surface area contributed by atoms with Gasteiger partial charge in [0.25, 0.3) is 5.56 Å². The zero-order chi connectivity index (χ0) is 26.6. The maximum absolute atomic E-state index is 15.2. The molecule has 2 aromatic heterocycles. The molecule has 2 saturated heterocycles. The van der Waals surface area contributed by atoms with E-state index in [-0.39, 0.29) is 17.4 Å². The standard InChI is InChI=1S/C29H38FN7O2/c30-24-18-22(33-29-32-19-25-28(34-29)37(27(38)20-31-25)23-5-1-2-6-23)7-8-26(24)36-12-9-21(10-13-36)4-3-11-35-14-16-39-17-15-35/h7-8,18-21,23H,1-6,9-17H2,(H,32,33,34). The second kappa shape index (κ2) is 12.0. The molecule has 1 aromatic carbocycles. The summed E-state index contributed by atoms with van der Waals surface area (Å²) in [6.07, 6.45) is 11.8. The molecule has 10 heteroatoms. The van der Waals surface area contributed by atoms with Crippen LogP contribution in [0.2, 0.25) is 0 Å². The summed E-state index contributed by atoms with van der Waals surface area (Å²) in [5.41, 5.74) is 2.18. The third-order valence-electron chi connectivity index (χ3n) is 8.57. The Balaban J connectivity index is 1.07. The van der Waals surface area contributed by atoms with Crippen LogP contribution in [0.15, 0.2) is 35.4 Å². The molecule has 4 heterocycles. The van der Waals surface area contributed by atoms with Gasteiger partial charge in [-0.3, -0.25) is 14.3 Å². The molecule has 0 unspecified atom stereocenters. The van der Waals surface area contributed by atoms with Crippen LogP contribution in [-0.4, -0.2) is 70.4 Å². The van der Waals surface area contributed by atoms with Crippen molar-refractivity contribution < 1.29 is 9.13 Å². The topological polar surface area (TPSA) is 88.4 Å². The number of nitrogens with zero attached hydrogens (tertiary/aromatic N) is 6. The molecule has 9 nitrogen and oxygen atoms in total. The molecule has 0 amide bonds. The van der Waals surface area contributed by atoms with Crippen molar-refractivity contribution in [2.24, 2.45) is 5.92 Å². The van der Waals surface area contributed by atoms with Gasteiger partial charge in [-0.2, -0.15) is 4.98 Å². The smallest absolute Gasteiger partial charge is 0.270 e. The lowest BCUT2D eigenvalue weighted by Gasteiger charge is -2.34. The van der Waals surface area contributed by atoms with Gasteiger partial charge in [-0.15, -0.1) is 0 Å². The third kappa shape index (κ3) is 6.06. The minimum absolute atomic E-state index is 0.136. The number of benzene rings is 1. The van der Waals surface area contributed by atoms with Crippen LogP contribution in [0.25, 0.3) is 11.2 Å². The number of nitrogens with one attached hydrogen (secondary N) is 1. The normalized spacial score (nSPS) is 19.7. The van der Waals surface area contributed by atoms with Crippen molar-refractivity contribution in [3.63, 3.8) is 0 Å². The Morgan fingerprint density at radius 1 is 1.00 bits per heavy atom. The van der Waals surface area contributed by atoms with Gasteiger partial charge in [-0.05, 0) is 69.2 Å². The first kappa shape index (κ1) is 26.1. The molecule has 1 saturated carbocycles. The molecule has 3 aromatic rings. The van der Waals surface area contributed by atoms with Crippen molar-refractivity contribution in [2.75, 3.05) is 56.2 Å². The first-order valence-corrected chi connectivity index (χ1v) is 14.5. The minimum Gasteiger partial charge on any atom is -0.379 e. The van der Waals surface area contributed by atoms with Crippen molar-refractivity contribution in [1.29, 1.82) is 0 Å². The summed E-state index contributed by atoms with van der Waals surface area (Å²) >= 11 is 0. The lowest BCUT2D eigenvalue weighted by molar-refractivity contribution is 0.0365. The highest BCUT2D eigenvalue weighted by molar-refractivity contribution is 5.71. The molecule has 39 heavy (non-hydrogen) atoms. The van der Waals surface area contributed by atoms with Crippen LogP contribution in [0.4, 0.5) is 21.7 Å². The van der Waals surface area contributed by atoms with Crippen LogP contribution in [-0.2, 0) is 4.74 Å². The Hall–Kier alpha value is -3.11. The number of morpholine rings is 1. The monoisotopic (exact) mass is 535 g/mol. The lowest BCUT2D eigenvalue weighted by Crippen LogP contribution is -2.37. The molecule has 2 aliphatic heterocycles. The molecule has 208 valence electrons. The van der Waals surface area contributed by atoms with Crippen molar-refractivity contribution in [3.8, 4) is 0 Å². The molecular formula is C29H38FN7O2. The second-order valence-electron chi connectivity index (χ2n) is 11.1. The zero-order valence-corrected chi connectivity index (χ0v) is 22.5. The molecular weight excluding hydrogens is 497 g/mol. The molecule has 0 atom stereocenters. The predicted molar refractivity (Wildman–Crippen MR) is 150 cm³/mol. The fraction of sp³-hybridized carbons (Fsp3) is 0.586. The zero-order valence-electron chi connectivity index (χ0n) is 22.5. The Morgan fingerprint density at radius 2 is 1.79 bits per heavy atom. The van der Waals surface area contributed by atoms with E-state index in [1.807, 2.05) is 12.1 Å². The van der Waals surface area contributed by atoms with Gasteiger partial charge in [0, 0.05) is 37.9 Å². The van der Waals surface area contributed by atoms with Gasteiger partial charge in [-0.1, -0.05) is 12.8 Å². The molecule has 0 radical (unpaired) electrons. The van der Waals surface area contributed by atoms with E-state index in [9.17, 15) is 4.79 Å². The largest absolute Gasteiger partial charge is 0.379 e. The van der Waals surface area contributed by atoms with E-state index in [1.165, 1.54) is 25.1 Å². The van der Waals surface area contributed by atoms with Gasteiger partial charge in [0.1, 0.15) is 11.3 Å². The highest BCUT2D eigenvalue weighted by Gasteiger charge is 2.23. The van der Waals surface area contributed by atoms with E-state index in [0.717, 1.165) is 84.5 Å². The second-order valence-corrected chi connectivity index (χ2v) is 11.1. The SMILES string of the molecule is O=c1cnc2cnc(Nc3ccc(N4CCC(CCCN5CCOCC5)CC4)c(F)c3)nc2n1C1CCCC1. The van der Waals surface area contributed by atoms with Crippen LogP contribution in [0.1, 0.15) is 57.4 Å². The van der Waals surface area contributed by atoms with Crippen LogP contribution >= 0.6 is 0 Å². The van der Waals surface area contributed by atoms with E-state index < -0.39 is 0 Å². The molecule has 3 aliphatic rings. The number of halogens is 1. The number of rotatable bonds is 8. The Morgan fingerprint density at radius 3 is 2.56 bits per heavy atom. The van der Waals surface area contributed by atoms with E-state index in [0.29, 0.717) is 34.4 Å². The molecule has 1 N–H and O–H groups in total. The van der Waals surface area contributed by atoms with Crippen molar-refractivity contribution in [3.05, 3.63) is 46.8 Å². The summed E-state index contributed by atoms with van der Waals surface area (Å²) in [6, 6.07) is 5.35. The van der Waals surface area contributed by atoms with Crippen LogP contribution in [0.3, 0.4) is 0 Å². The van der Waals surface area contributed by atoms with Crippen molar-refractivity contribution in [1.82, 2.24) is 24.4 Å². The minimum atomic E-state index is -0.254. The van der Waals surface area contributed by atoms with Crippen molar-refractivity contribution in [2.45, 2.75) is 57.4 Å². The van der Waals surface area contributed by atoms with Gasteiger partial charge in [0.2, 0.25) is 5.95 Å². The van der Waals surface area contributed by atoms with Gasteiger partial charge < -0.3 is 15.0 Å². The van der Waals surface area contributed by atoms with Crippen LogP contribution < -0.4 is 15.8 Å². The Bertz CT molecular complexity index is 1330. The van der Waals surface area contributed by atoms with Crippen LogP contribution in [0.5, 0.6) is 0 Å². The van der Waals surface area contributed by atoms with Gasteiger partial charge in [0.05, 0.1) is 31.3 Å². The number of hydrogen-bond acceptors (Lipinski definition) is 8. The average Bonchev–Trinajstić information content (AvgIpc) is 3.49. The predicted octanol–water partition coefficient (Wildman–Crippen LogP) is 4.51. The van der Waals surface area contributed by atoms with E-state index in [1.54, 1.807) is 10.8 Å². The highest BCUT2D eigenvalue weighted by Crippen LogP contribution is 2.31. The van der Waals surface area contributed by atoms with Gasteiger partial charge in [0.15, 0.2) is 5.65 Å². The fourth-order valence-corrected chi connectivity index (χ4v) is 6.36.